The highest BCUT2D eigenvalue weighted by molar-refractivity contribution is 5.73. The van der Waals surface area contributed by atoms with E-state index in [2.05, 4.69) is 20.3 Å². The molecule has 30 heavy (non-hydrogen) atoms. The first-order chi connectivity index (χ1) is 14.7. The number of hydrogen-bond acceptors (Lipinski definition) is 7. The van der Waals surface area contributed by atoms with Gasteiger partial charge in [0.15, 0.2) is 11.8 Å². The van der Waals surface area contributed by atoms with Crippen LogP contribution in [0.25, 0.3) is 11.2 Å². The number of aliphatic hydroxyl groups is 1. The van der Waals surface area contributed by atoms with Gasteiger partial charge in [-0.15, -0.1) is 0 Å². The fourth-order valence-corrected chi connectivity index (χ4v) is 4.65. The zero-order valence-electron chi connectivity index (χ0n) is 16.0. The average Bonchev–Trinajstić information content (AvgIpc) is 3.49. The molecule has 156 valence electrons. The van der Waals surface area contributed by atoms with Crippen molar-refractivity contribution < 1.29 is 23.7 Å². The van der Waals surface area contributed by atoms with E-state index in [1.165, 1.54) is 6.07 Å². The minimum Gasteiger partial charge on any atom is -0.456 e. The van der Waals surface area contributed by atoms with Gasteiger partial charge >= 0.3 is 0 Å². The maximum Gasteiger partial charge on any atom is 0.296 e. The maximum absolute atomic E-state index is 14.3. The van der Waals surface area contributed by atoms with E-state index in [0.717, 1.165) is 29.5 Å². The Balaban J connectivity index is 1.20. The number of hydrogen-bond donors (Lipinski definition) is 3. The monoisotopic (exact) mass is 412 g/mol. The van der Waals surface area contributed by atoms with Crippen LogP contribution in [0.3, 0.4) is 0 Å². The standard InChI is InChI=1S/C21H21FN4O4/c22-11-3-1-2-10-4-5-12(17(10)11)23-16-7-6-13-20(25-16)26-21(24-13)30-15-9-29-18-14(27)8-28-19(15)18/h1-3,6-7,12,14-15,18-19,27H,4-5,8-9H2,(H2,23,24,25,26)/t12?,14-,15-,18-,19-/m1/s1. The van der Waals surface area contributed by atoms with Crippen LogP contribution in [0.15, 0.2) is 30.3 Å². The van der Waals surface area contributed by atoms with E-state index < -0.39 is 6.10 Å². The summed E-state index contributed by atoms with van der Waals surface area (Å²) < 4.78 is 31.4. The topological polar surface area (TPSA) is 102 Å². The van der Waals surface area contributed by atoms with Crippen molar-refractivity contribution in [2.75, 3.05) is 18.5 Å². The SMILES string of the molecule is O[C@@H]1CO[C@H]2[C@@H]1OC[C@H]2Oc1nc2nc(NC3CCc4cccc(F)c43)ccc2[nH]1. The van der Waals surface area contributed by atoms with Crippen molar-refractivity contribution in [1.82, 2.24) is 15.0 Å². The average molecular weight is 412 g/mol. The first-order valence-electron chi connectivity index (χ1n) is 10.1. The number of imidazole rings is 1. The van der Waals surface area contributed by atoms with Crippen molar-refractivity contribution in [1.29, 1.82) is 0 Å². The number of pyridine rings is 1. The van der Waals surface area contributed by atoms with Crippen molar-refractivity contribution in [3.63, 3.8) is 0 Å². The summed E-state index contributed by atoms with van der Waals surface area (Å²) in [4.78, 5) is 12.1. The fourth-order valence-electron chi connectivity index (χ4n) is 4.65. The fraction of sp³-hybridized carbons (Fsp3) is 0.429. The molecule has 2 aromatic heterocycles. The van der Waals surface area contributed by atoms with E-state index in [-0.39, 0.29) is 36.8 Å². The van der Waals surface area contributed by atoms with Crippen molar-refractivity contribution >= 4 is 17.0 Å². The van der Waals surface area contributed by atoms with Gasteiger partial charge in [0.2, 0.25) is 0 Å². The zero-order chi connectivity index (χ0) is 20.2. The summed E-state index contributed by atoms with van der Waals surface area (Å²) in [5.74, 6) is 0.448. The predicted molar refractivity (Wildman–Crippen MR) is 105 cm³/mol. The van der Waals surface area contributed by atoms with Crippen molar-refractivity contribution in [3.05, 3.63) is 47.3 Å². The summed E-state index contributed by atoms with van der Waals surface area (Å²) in [5, 5.41) is 13.2. The third kappa shape index (κ3) is 2.92. The van der Waals surface area contributed by atoms with Crippen molar-refractivity contribution in [2.24, 2.45) is 0 Å². The van der Waals surface area contributed by atoms with Crippen LogP contribution >= 0.6 is 0 Å². The number of nitrogens with one attached hydrogen (secondary N) is 2. The molecule has 2 saturated heterocycles. The molecular weight excluding hydrogens is 391 g/mol. The largest absolute Gasteiger partial charge is 0.456 e. The molecule has 9 heteroatoms. The number of ether oxygens (including phenoxy) is 3. The molecule has 3 N–H and O–H groups in total. The quantitative estimate of drug-likeness (QED) is 0.603. The molecule has 0 radical (unpaired) electrons. The molecule has 3 aromatic rings. The van der Waals surface area contributed by atoms with Gasteiger partial charge in [-0.2, -0.15) is 4.98 Å². The number of aliphatic hydroxyl groups excluding tert-OH is 1. The van der Waals surface area contributed by atoms with Gasteiger partial charge in [-0.3, -0.25) is 0 Å². The molecule has 1 aliphatic carbocycles. The lowest BCUT2D eigenvalue weighted by atomic mass is 10.1. The van der Waals surface area contributed by atoms with Crippen LogP contribution in [-0.2, 0) is 15.9 Å². The predicted octanol–water partition coefficient (Wildman–Crippen LogP) is 2.10. The van der Waals surface area contributed by atoms with Gasteiger partial charge in [0.05, 0.1) is 24.8 Å². The van der Waals surface area contributed by atoms with Gasteiger partial charge in [0.25, 0.3) is 6.01 Å². The summed E-state index contributed by atoms with van der Waals surface area (Å²) in [6, 6.07) is 9.14. The van der Waals surface area contributed by atoms with Crippen molar-refractivity contribution in [3.8, 4) is 6.01 Å². The van der Waals surface area contributed by atoms with Gasteiger partial charge < -0.3 is 29.6 Å². The molecule has 0 bridgehead atoms. The molecule has 1 aromatic carbocycles. The second-order valence-electron chi connectivity index (χ2n) is 7.98. The maximum atomic E-state index is 14.3. The molecule has 6 rings (SSSR count). The molecule has 0 amide bonds. The molecule has 8 nitrogen and oxygen atoms in total. The van der Waals surface area contributed by atoms with Gasteiger partial charge in [0, 0.05) is 5.56 Å². The van der Waals surface area contributed by atoms with E-state index >= 15 is 0 Å². The van der Waals surface area contributed by atoms with Crippen LogP contribution < -0.4 is 10.1 Å². The molecular formula is C21H21FN4O4. The van der Waals surface area contributed by atoms with Gasteiger partial charge in [0.1, 0.15) is 29.9 Å². The second kappa shape index (κ2) is 6.90. The highest BCUT2D eigenvalue weighted by atomic mass is 19.1. The smallest absolute Gasteiger partial charge is 0.296 e. The number of aryl methyl sites for hydroxylation is 1. The number of rotatable bonds is 4. The number of H-pyrrole nitrogens is 1. The highest BCUT2D eigenvalue weighted by Gasteiger charge is 2.48. The zero-order valence-corrected chi connectivity index (χ0v) is 16.0. The van der Waals surface area contributed by atoms with Gasteiger partial charge in [-0.1, -0.05) is 12.1 Å². The highest BCUT2D eigenvalue weighted by Crippen LogP contribution is 2.35. The Kier molecular flexibility index (Phi) is 4.15. The Hall–Kier alpha value is -2.75. The molecule has 0 saturated carbocycles. The molecule has 1 unspecified atom stereocenters. The molecule has 5 atom stereocenters. The molecule has 2 aliphatic heterocycles. The number of fused-ring (bicyclic) bond motifs is 3. The van der Waals surface area contributed by atoms with E-state index in [0.29, 0.717) is 24.1 Å². The minimum absolute atomic E-state index is 0.112. The van der Waals surface area contributed by atoms with Crippen LogP contribution in [0.1, 0.15) is 23.6 Å². The lowest BCUT2D eigenvalue weighted by molar-refractivity contribution is 0.00706. The van der Waals surface area contributed by atoms with Crippen LogP contribution in [0, 0.1) is 5.82 Å². The summed E-state index contributed by atoms with van der Waals surface area (Å²) in [7, 11) is 0. The van der Waals surface area contributed by atoms with E-state index in [1.807, 2.05) is 18.2 Å². The van der Waals surface area contributed by atoms with E-state index in [9.17, 15) is 9.50 Å². The lowest BCUT2D eigenvalue weighted by Gasteiger charge is -2.15. The number of aromatic nitrogens is 3. The third-order valence-corrected chi connectivity index (χ3v) is 6.09. The molecule has 0 spiro atoms. The number of anilines is 1. The van der Waals surface area contributed by atoms with Gasteiger partial charge in [-0.05, 0) is 36.6 Å². The molecule has 2 fully saturated rings. The van der Waals surface area contributed by atoms with Crippen molar-refractivity contribution in [2.45, 2.75) is 43.3 Å². The number of nitrogens with zero attached hydrogens (tertiary/aromatic N) is 2. The first-order valence-corrected chi connectivity index (χ1v) is 10.1. The minimum atomic E-state index is -0.625. The van der Waals surface area contributed by atoms with Crippen LogP contribution in [-0.4, -0.2) is 57.7 Å². The van der Waals surface area contributed by atoms with Crippen LogP contribution in [0.2, 0.25) is 0 Å². The van der Waals surface area contributed by atoms with Crippen LogP contribution in [0.5, 0.6) is 6.01 Å². The van der Waals surface area contributed by atoms with E-state index in [1.54, 1.807) is 6.07 Å². The lowest BCUT2D eigenvalue weighted by Crippen LogP contribution is -2.34. The Morgan fingerprint density at radius 2 is 2.03 bits per heavy atom. The Morgan fingerprint density at radius 1 is 1.13 bits per heavy atom. The van der Waals surface area contributed by atoms with Crippen LogP contribution in [0.4, 0.5) is 10.2 Å². The summed E-state index contributed by atoms with van der Waals surface area (Å²) in [6.45, 7) is 0.577. The van der Waals surface area contributed by atoms with Gasteiger partial charge in [-0.25, -0.2) is 9.37 Å². The normalized spacial score (nSPS) is 29.9. The molecule has 4 heterocycles. The Labute approximate surface area is 171 Å². The number of benzene rings is 1. The summed E-state index contributed by atoms with van der Waals surface area (Å²) >= 11 is 0. The number of aromatic amines is 1. The second-order valence-corrected chi connectivity index (χ2v) is 7.98. The third-order valence-electron chi connectivity index (χ3n) is 6.09. The first kappa shape index (κ1) is 18.1. The summed E-state index contributed by atoms with van der Waals surface area (Å²) in [6.07, 6.45) is 0.0265. The Morgan fingerprint density at radius 3 is 2.97 bits per heavy atom. The summed E-state index contributed by atoms with van der Waals surface area (Å²) in [5.41, 5.74) is 3.00. The van der Waals surface area contributed by atoms with E-state index in [4.69, 9.17) is 14.2 Å². The number of halogens is 1. The Bertz CT molecular complexity index is 1110. The molecule has 3 aliphatic rings.